The third-order valence-electron chi connectivity index (χ3n) is 4.44. The summed E-state index contributed by atoms with van der Waals surface area (Å²) in [5.41, 5.74) is 1.04. The maximum Gasteiger partial charge on any atom is 0.317 e. The first-order valence-electron chi connectivity index (χ1n) is 8.73. The van der Waals surface area contributed by atoms with Gasteiger partial charge in [-0.3, -0.25) is 4.79 Å². The van der Waals surface area contributed by atoms with Crippen molar-refractivity contribution in [2.24, 2.45) is 0 Å². The molecule has 6 nitrogen and oxygen atoms in total. The van der Waals surface area contributed by atoms with Gasteiger partial charge in [-0.1, -0.05) is 6.92 Å². The van der Waals surface area contributed by atoms with Gasteiger partial charge < -0.3 is 15.5 Å². The Hall–Kier alpha value is -1.63. The first-order chi connectivity index (χ1) is 11.5. The van der Waals surface area contributed by atoms with Crippen LogP contribution in [0.3, 0.4) is 0 Å². The lowest BCUT2D eigenvalue weighted by molar-refractivity contribution is -0.118. The minimum absolute atomic E-state index is 0.00603. The quantitative estimate of drug-likeness (QED) is 0.826. The molecule has 0 spiro atoms. The molecule has 134 valence electrons. The largest absolute Gasteiger partial charge is 0.356 e. The molecule has 0 aromatic carbocycles. The summed E-state index contributed by atoms with van der Waals surface area (Å²) >= 11 is 1.70. The van der Waals surface area contributed by atoms with Gasteiger partial charge in [0.15, 0.2) is 0 Å². The van der Waals surface area contributed by atoms with Crippen molar-refractivity contribution in [2.75, 3.05) is 19.6 Å². The van der Waals surface area contributed by atoms with E-state index in [2.05, 4.69) is 22.9 Å². The highest BCUT2D eigenvalue weighted by Gasteiger charge is 2.26. The summed E-state index contributed by atoms with van der Waals surface area (Å²) in [5.74, 6) is 0.436. The summed E-state index contributed by atoms with van der Waals surface area (Å²) < 4.78 is 0. The molecular formula is C17H28N4O2S. The number of amides is 3. The van der Waals surface area contributed by atoms with Crippen LogP contribution in [0.5, 0.6) is 0 Å². The zero-order valence-electron chi connectivity index (χ0n) is 14.8. The van der Waals surface area contributed by atoms with Gasteiger partial charge in [0.05, 0.1) is 10.7 Å². The standard InChI is InChI=1S/C17H28N4O2S/c1-4-12(2)19-17(23)21-9-6-14(7-10-21)16-20-15(11-24-16)5-8-18-13(3)22/h11-12,14H,4-10H2,1-3H3,(H,18,22)(H,19,23)/t12-/m0/s1. The van der Waals surface area contributed by atoms with Gasteiger partial charge in [-0.2, -0.15) is 0 Å². The molecule has 0 bridgehead atoms. The van der Waals surface area contributed by atoms with Crippen LogP contribution in [-0.4, -0.2) is 47.5 Å². The minimum atomic E-state index is -0.00603. The molecule has 3 amide bonds. The first kappa shape index (κ1) is 18.7. The predicted octanol–water partition coefficient (Wildman–Crippen LogP) is 2.51. The Morgan fingerprint density at radius 2 is 2.12 bits per heavy atom. The summed E-state index contributed by atoms with van der Waals surface area (Å²) in [6.45, 7) is 7.83. The molecule has 2 heterocycles. The van der Waals surface area contributed by atoms with Gasteiger partial charge in [0.1, 0.15) is 0 Å². The summed E-state index contributed by atoms with van der Waals surface area (Å²) in [5, 5.41) is 9.07. The van der Waals surface area contributed by atoms with Gasteiger partial charge in [0, 0.05) is 50.3 Å². The number of urea groups is 1. The number of rotatable bonds is 6. The third kappa shape index (κ3) is 5.47. The summed E-state index contributed by atoms with van der Waals surface area (Å²) in [7, 11) is 0. The van der Waals surface area contributed by atoms with Crippen molar-refractivity contribution in [3.05, 3.63) is 16.1 Å². The van der Waals surface area contributed by atoms with Crippen LogP contribution in [0.15, 0.2) is 5.38 Å². The zero-order chi connectivity index (χ0) is 17.5. The molecular weight excluding hydrogens is 324 g/mol. The Bertz CT molecular complexity index is 553. The number of thiazole rings is 1. The topological polar surface area (TPSA) is 74.3 Å². The lowest BCUT2D eigenvalue weighted by atomic mass is 9.98. The SMILES string of the molecule is CC[C@H](C)NC(=O)N1CCC(c2nc(CCNC(C)=O)cs2)CC1. The molecule has 1 aliphatic rings. The maximum atomic E-state index is 12.2. The molecule has 2 N–H and O–H groups in total. The second kappa shape index (κ2) is 9.01. The van der Waals surface area contributed by atoms with E-state index in [0.717, 1.165) is 49.5 Å². The Kier molecular flexibility index (Phi) is 7.02. The molecule has 0 unspecified atom stereocenters. The van der Waals surface area contributed by atoms with Crippen LogP contribution in [0.25, 0.3) is 0 Å². The molecule has 0 radical (unpaired) electrons. The van der Waals surface area contributed by atoms with E-state index < -0.39 is 0 Å². The number of carbonyl (C=O) groups excluding carboxylic acids is 2. The summed E-state index contributed by atoms with van der Waals surface area (Å²) in [6, 6.07) is 0.276. The number of hydrogen-bond donors (Lipinski definition) is 2. The van der Waals surface area contributed by atoms with Gasteiger partial charge in [0.2, 0.25) is 5.91 Å². The van der Waals surface area contributed by atoms with Crippen LogP contribution in [0.1, 0.15) is 56.7 Å². The van der Waals surface area contributed by atoms with Crippen molar-refractivity contribution in [3.8, 4) is 0 Å². The van der Waals surface area contributed by atoms with Crippen LogP contribution >= 0.6 is 11.3 Å². The second-order valence-corrected chi connectivity index (χ2v) is 7.32. The van der Waals surface area contributed by atoms with E-state index in [1.165, 1.54) is 6.92 Å². The predicted molar refractivity (Wildman–Crippen MR) is 96.3 cm³/mol. The van der Waals surface area contributed by atoms with Crippen LogP contribution in [-0.2, 0) is 11.2 Å². The number of piperidine rings is 1. The highest BCUT2D eigenvalue weighted by molar-refractivity contribution is 7.09. The van der Waals surface area contributed by atoms with Crippen molar-refractivity contribution in [1.82, 2.24) is 20.5 Å². The summed E-state index contributed by atoms with van der Waals surface area (Å²) in [4.78, 5) is 29.7. The molecule has 1 aromatic rings. The van der Waals surface area contributed by atoms with Crippen molar-refractivity contribution in [2.45, 2.75) is 58.4 Å². The number of nitrogens with one attached hydrogen (secondary N) is 2. The van der Waals surface area contributed by atoms with Crippen LogP contribution in [0.2, 0.25) is 0 Å². The lowest BCUT2D eigenvalue weighted by Gasteiger charge is -2.32. The monoisotopic (exact) mass is 352 g/mol. The Morgan fingerprint density at radius 3 is 2.75 bits per heavy atom. The number of nitrogens with zero attached hydrogens (tertiary/aromatic N) is 2. The van der Waals surface area contributed by atoms with Crippen molar-refractivity contribution >= 4 is 23.3 Å². The van der Waals surface area contributed by atoms with Gasteiger partial charge in [-0.25, -0.2) is 9.78 Å². The van der Waals surface area contributed by atoms with E-state index >= 15 is 0 Å². The van der Waals surface area contributed by atoms with Crippen LogP contribution < -0.4 is 10.6 Å². The average Bonchev–Trinajstić information content (AvgIpc) is 3.03. The van der Waals surface area contributed by atoms with E-state index in [1.54, 1.807) is 11.3 Å². The van der Waals surface area contributed by atoms with E-state index in [4.69, 9.17) is 4.98 Å². The van der Waals surface area contributed by atoms with E-state index in [9.17, 15) is 9.59 Å². The van der Waals surface area contributed by atoms with Crippen molar-refractivity contribution in [3.63, 3.8) is 0 Å². The lowest BCUT2D eigenvalue weighted by Crippen LogP contribution is -2.46. The molecule has 1 saturated heterocycles. The van der Waals surface area contributed by atoms with E-state index in [0.29, 0.717) is 12.5 Å². The van der Waals surface area contributed by atoms with E-state index in [-0.39, 0.29) is 18.0 Å². The molecule has 1 fully saturated rings. The van der Waals surface area contributed by atoms with Gasteiger partial charge in [0.25, 0.3) is 0 Å². The van der Waals surface area contributed by atoms with Gasteiger partial charge in [-0.05, 0) is 26.2 Å². The molecule has 1 atom stereocenters. The smallest absolute Gasteiger partial charge is 0.317 e. The molecule has 7 heteroatoms. The van der Waals surface area contributed by atoms with Crippen molar-refractivity contribution < 1.29 is 9.59 Å². The maximum absolute atomic E-state index is 12.2. The highest BCUT2D eigenvalue weighted by Crippen LogP contribution is 2.30. The number of aromatic nitrogens is 1. The van der Waals surface area contributed by atoms with Gasteiger partial charge >= 0.3 is 6.03 Å². The normalized spacial score (nSPS) is 16.7. The van der Waals surface area contributed by atoms with Gasteiger partial charge in [-0.15, -0.1) is 11.3 Å². The Balaban J connectivity index is 1.79. The van der Waals surface area contributed by atoms with Crippen molar-refractivity contribution in [1.29, 1.82) is 0 Å². The molecule has 1 aliphatic heterocycles. The van der Waals surface area contributed by atoms with E-state index in [1.807, 2.05) is 11.8 Å². The van der Waals surface area contributed by atoms with Crippen LogP contribution in [0, 0.1) is 0 Å². The summed E-state index contributed by atoms with van der Waals surface area (Å²) in [6.07, 6.45) is 3.65. The molecule has 2 rings (SSSR count). The third-order valence-corrected chi connectivity index (χ3v) is 5.49. The Morgan fingerprint density at radius 1 is 1.42 bits per heavy atom. The highest BCUT2D eigenvalue weighted by atomic mass is 32.1. The minimum Gasteiger partial charge on any atom is -0.356 e. The Labute approximate surface area is 148 Å². The van der Waals surface area contributed by atoms with Crippen LogP contribution in [0.4, 0.5) is 4.79 Å². The average molecular weight is 353 g/mol. The molecule has 1 aromatic heterocycles. The fraction of sp³-hybridized carbons (Fsp3) is 0.706. The first-order valence-corrected chi connectivity index (χ1v) is 9.61. The number of likely N-dealkylation sites (tertiary alicyclic amines) is 1. The molecule has 24 heavy (non-hydrogen) atoms. The number of hydrogen-bond acceptors (Lipinski definition) is 4. The fourth-order valence-electron chi connectivity index (χ4n) is 2.73. The molecule has 0 aliphatic carbocycles. The molecule has 0 saturated carbocycles. The number of carbonyl (C=O) groups is 2. The second-order valence-electron chi connectivity index (χ2n) is 6.43. The fourth-order valence-corrected chi connectivity index (χ4v) is 3.75. The zero-order valence-corrected chi connectivity index (χ0v) is 15.6.